The summed E-state index contributed by atoms with van der Waals surface area (Å²) in [4.78, 5) is 22.5. The molecule has 7 nitrogen and oxygen atoms in total. The molecule has 2 aliphatic heterocycles. The number of ether oxygens (including phenoxy) is 1. The van der Waals surface area contributed by atoms with Gasteiger partial charge in [-0.15, -0.1) is 5.53 Å². The Morgan fingerprint density at radius 2 is 2.24 bits per heavy atom. The quantitative estimate of drug-likeness (QED) is 0.647. The maximum absolute atomic E-state index is 11.6. The number of hydrazine groups is 2. The zero-order valence-corrected chi connectivity index (χ0v) is 9.85. The molecule has 7 heteroatoms. The molecule has 2 rings (SSSR count). The fourth-order valence-corrected chi connectivity index (χ4v) is 1.61. The average Bonchev–Trinajstić information content (AvgIpc) is 2.60. The minimum atomic E-state index is -0.500. The molecule has 0 aromatic carbocycles. The third kappa shape index (κ3) is 2.23. The predicted octanol–water partition coefficient (Wildman–Crippen LogP) is -0.235. The van der Waals surface area contributed by atoms with Crippen molar-refractivity contribution in [3.8, 4) is 0 Å². The number of nitrogens with zero attached hydrogens (tertiary/aromatic N) is 2. The Labute approximate surface area is 98.6 Å². The molecule has 0 radical (unpaired) electrons. The SMILES string of the molecule is CC(=O)OC(C)N1C=C2NC(C)=CC(=O)N2N1. The first kappa shape index (κ1) is 11.5. The van der Waals surface area contributed by atoms with Crippen molar-refractivity contribution in [2.45, 2.75) is 27.0 Å². The maximum atomic E-state index is 11.6. The minimum Gasteiger partial charge on any atom is -0.441 e. The molecule has 1 atom stereocenters. The normalized spacial score (nSPS) is 20.3. The summed E-state index contributed by atoms with van der Waals surface area (Å²) in [6.07, 6.45) is 2.65. The second-order valence-electron chi connectivity index (χ2n) is 3.86. The van der Waals surface area contributed by atoms with Gasteiger partial charge in [0, 0.05) is 18.7 Å². The monoisotopic (exact) mass is 238 g/mol. The van der Waals surface area contributed by atoms with Crippen molar-refractivity contribution in [1.82, 2.24) is 20.9 Å². The molecule has 17 heavy (non-hydrogen) atoms. The lowest BCUT2D eigenvalue weighted by atomic mass is 10.3. The lowest BCUT2D eigenvalue weighted by Gasteiger charge is -2.27. The van der Waals surface area contributed by atoms with E-state index in [1.165, 1.54) is 23.0 Å². The predicted molar refractivity (Wildman–Crippen MR) is 58.0 cm³/mol. The second-order valence-corrected chi connectivity index (χ2v) is 3.86. The number of fused-ring (bicyclic) bond motifs is 1. The number of carbonyl (C=O) groups is 2. The molecule has 2 N–H and O–H groups in total. The van der Waals surface area contributed by atoms with Crippen molar-refractivity contribution in [2.75, 3.05) is 0 Å². The van der Waals surface area contributed by atoms with E-state index in [-0.39, 0.29) is 11.9 Å². The van der Waals surface area contributed by atoms with Crippen LogP contribution in [-0.4, -0.2) is 28.1 Å². The summed E-state index contributed by atoms with van der Waals surface area (Å²) < 4.78 is 5.00. The second kappa shape index (κ2) is 4.10. The van der Waals surface area contributed by atoms with Gasteiger partial charge < -0.3 is 10.1 Å². The van der Waals surface area contributed by atoms with Crippen molar-refractivity contribution in [3.63, 3.8) is 0 Å². The summed E-state index contributed by atoms with van der Waals surface area (Å²) in [7, 11) is 0. The van der Waals surface area contributed by atoms with E-state index in [0.29, 0.717) is 5.82 Å². The largest absolute Gasteiger partial charge is 0.441 e. The van der Waals surface area contributed by atoms with E-state index >= 15 is 0 Å². The third-order valence-electron chi connectivity index (χ3n) is 2.33. The molecule has 0 saturated heterocycles. The van der Waals surface area contributed by atoms with E-state index in [9.17, 15) is 9.59 Å². The van der Waals surface area contributed by atoms with Crippen molar-refractivity contribution < 1.29 is 14.3 Å². The smallest absolute Gasteiger partial charge is 0.304 e. The summed E-state index contributed by atoms with van der Waals surface area (Å²) >= 11 is 0. The first-order valence-electron chi connectivity index (χ1n) is 5.20. The molecule has 0 bridgehead atoms. The Bertz CT molecular complexity index is 429. The zero-order valence-electron chi connectivity index (χ0n) is 9.85. The standard InChI is InChI=1S/C10H14N4O3/c1-6-4-10(16)14-9(11-6)5-13(12-14)7(2)17-8(3)15/h4-5,7,11-12H,1-3H3. The van der Waals surface area contributed by atoms with Crippen LogP contribution in [0.3, 0.4) is 0 Å². The highest BCUT2D eigenvalue weighted by Gasteiger charge is 2.31. The van der Waals surface area contributed by atoms with Crippen molar-refractivity contribution in [2.24, 2.45) is 0 Å². The van der Waals surface area contributed by atoms with E-state index < -0.39 is 6.23 Å². The average molecular weight is 238 g/mol. The number of esters is 1. The van der Waals surface area contributed by atoms with Crippen molar-refractivity contribution in [3.05, 3.63) is 23.8 Å². The van der Waals surface area contributed by atoms with Crippen LogP contribution in [0.4, 0.5) is 0 Å². The first-order valence-corrected chi connectivity index (χ1v) is 5.20. The van der Waals surface area contributed by atoms with Crippen molar-refractivity contribution in [1.29, 1.82) is 0 Å². The molecule has 1 unspecified atom stereocenters. The van der Waals surface area contributed by atoms with E-state index in [1.54, 1.807) is 20.0 Å². The number of hydrogen-bond acceptors (Lipinski definition) is 6. The lowest BCUT2D eigenvalue weighted by Crippen LogP contribution is -2.50. The van der Waals surface area contributed by atoms with Crippen molar-refractivity contribution >= 4 is 11.9 Å². The van der Waals surface area contributed by atoms with Gasteiger partial charge in [0.2, 0.25) is 0 Å². The number of allylic oxidation sites excluding steroid dienone is 1. The van der Waals surface area contributed by atoms with E-state index in [1.807, 2.05) is 0 Å². The highest BCUT2D eigenvalue weighted by Crippen LogP contribution is 2.17. The van der Waals surface area contributed by atoms with Gasteiger partial charge in [0.25, 0.3) is 5.91 Å². The van der Waals surface area contributed by atoms with Crippen LogP contribution < -0.4 is 10.9 Å². The van der Waals surface area contributed by atoms with Crippen LogP contribution in [-0.2, 0) is 14.3 Å². The van der Waals surface area contributed by atoms with Gasteiger partial charge in [-0.1, -0.05) is 0 Å². The van der Waals surface area contributed by atoms with Gasteiger partial charge in [0.05, 0.1) is 6.20 Å². The van der Waals surface area contributed by atoms with Gasteiger partial charge >= 0.3 is 5.97 Å². The Hall–Kier alpha value is -2.02. The molecule has 0 spiro atoms. The molecule has 0 aromatic heterocycles. The van der Waals surface area contributed by atoms with Crippen LogP contribution in [0, 0.1) is 0 Å². The molecule has 2 heterocycles. The highest BCUT2D eigenvalue weighted by atomic mass is 16.6. The zero-order chi connectivity index (χ0) is 12.6. The summed E-state index contributed by atoms with van der Waals surface area (Å²) in [6, 6.07) is 0. The Kier molecular flexibility index (Phi) is 2.76. The van der Waals surface area contributed by atoms with Crippen LogP contribution in [0.15, 0.2) is 23.8 Å². The van der Waals surface area contributed by atoms with Gasteiger partial charge in [0.1, 0.15) is 5.82 Å². The van der Waals surface area contributed by atoms with Crippen LogP contribution in [0.1, 0.15) is 20.8 Å². The molecule has 0 fully saturated rings. The Balaban J connectivity index is 2.09. The van der Waals surface area contributed by atoms with E-state index in [0.717, 1.165) is 5.70 Å². The van der Waals surface area contributed by atoms with Gasteiger partial charge in [-0.05, 0) is 13.8 Å². The molecule has 92 valence electrons. The van der Waals surface area contributed by atoms with Crippen LogP contribution in [0.25, 0.3) is 0 Å². The molecule has 2 aliphatic rings. The minimum absolute atomic E-state index is 0.176. The van der Waals surface area contributed by atoms with Crippen LogP contribution >= 0.6 is 0 Å². The number of carbonyl (C=O) groups excluding carboxylic acids is 2. The fraction of sp³-hybridized carbons (Fsp3) is 0.400. The Morgan fingerprint density at radius 3 is 2.88 bits per heavy atom. The number of amides is 1. The summed E-state index contributed by atoms with van der Waals surface area (Å²) in [5, 5.41) is 5.91. The maximum Gasteiger partial charge on any atom is 0.304 e. The molecule has 0 aliphatic carbocycles. The number of hydrogen-bond donors (Lipinski definition) is 2. The lowest BCUT2D eigenvalue weighted by molar-refractivity contribution is -0.157. The third-order valence-corrected chi connectivity index (χ3v) is 2.33. The molecule has 0 saturated carbocycles. The van der Waals surface area contributed by atoms with Gasteiger partial charge in [0.15, 0.2) is 6.23 Å². The summed E-state index contributed by atoms with van der Waals surface area (Å²) in [5.74, 6) is 0.0511. The molecule has 0 aromatic rings. The fourth-order valence-electron chi connectivity index (χ4n) is 1.61. The van der Waals surface area contributed by atoms with E-state index in [4.69, 9.17) is 4.74 Å². The summed E-state index contributed by atoms with van der Waals surface area (Å²) in [6.45, 7) is 4.84. The van der Waals surface area contributed by atoms with Gasteiger partial charge in [-0.3, -0.25) is 14.6 Å². The molecular formula is C10H14N4O3. The number of nitrogens with one attached hydrogen (secondary N) is 2. The van der Waals surface area contributed by atoms with Crippen LogP contribution in [0.2, 0.25) is 0 Å². The Morgan fingerprint density at radius 1 is 1.53 bits per heavy atom. The van der Waals surface area contributed by atoms with E-state index in [2.05, 4.69) is 10.9 Å². The highest BCUT2D eigenvalue weighted by molar-refractivity contribution is 5.90. The van der Waals surface area contributed by atoms with Gasteiger partial charge in [-0.25, -0.2) is 5.01 Å². The van der Waals surface area contributed by atoms with Crippen LogP contribution in [0.5, 0.6) is 0 Å². The molecular weight excluding hydrogens is 224 g/mol. The van der Waals surface area contributed by atoms with Gasteiger partial charge in [-0.2, -0.15) is 0 Å². The topological polar surface area (TPSA) is 73.9 Å². The molecule has 1 amide bonds. The summed E-state index contributed by atoms with van der Waals surface area (Å²) in [5.41, 5.74) is 3.57. The number of rotatable bonds is 2. The first-order chi connectivity index (χ1) is 7.97.